The number of fused-ring (bicyclic) bond motifs is 1. The van der Waals surface area contributed by atoms with Crippen molar-refractivity contribution in [1.29, 1.82) is 0 Å². The van der Waals surface area contributed by atoms with Crippen molar-refractivity contribution in [2.75, 3.05) is 19.8 Å². The minimum atomic E-state index is -3.72. The van der Waals surface area contributed by atoms with Crippen LogP contribution in [0.25, 0.3) is 0 Å². The third kappa shape index (κ3) is 3.67. The van der Waals surface area contributed by atoms with Crippen LogP contribution in [0.4, 0.5) is 0 Å². The molecular weight excluding hydrogens is 346 g/mol. The monoisotopic (exact) mass is 365 g/mol. The van der Waals surface area contributed by atoms with E-state index in [0.717, 1.165) is 0 Å². The van der Waals surface area contributed by atoms with Crippen molar-refractivity contribution in [2.24, 2.45) is 0 Å². The van der Waals surface area contributed by atoms with Gasteiger partial charge in [-0.2, -0.15) is 0 Å². The maximum atomic E-state index is 12.4. The molecule has 0 aliphatic carbocycles. The molecular formula is C16H19N3O5S. The van der Waals surface area contributed by atoms with Crippen LogP contribution in [0.5, 0.6) is 11.5 Å². The number of rotatable bonds is 5. The number of hydrogen-bond acceptors (Lipinski definition) is 6. The van der Waals surface area contributed by atoms with Crippen molar-refractivity contribution >= 4 is 10.0 Å². The van der Waals surface area contributed by atoms with Crippen LogP contribution >= 0.6 is 0 Å². The van der Waals surface area contributed by atoms with Crippen LogP contribution in [-0.4, -0.2) is 37.7 Å². The summed E-state index contributed by atoms with van der Waals surface area (Å²) in [5, 5.41) is 0. The van der Waals surface area contributed by atoms with Gasteiger partial charge in [0.05, 0.1) is 11.2 Å². The average Bonchev–Trinajstić information content (AvgIpc) is 2.61. The molecule has 1 aliphatic rings. The second-order valence-corrected chi connectivity index (χ2v) is 7.42. The first-order valence-corrected chi connectivity index (χ1v) is 9.29. The predicted octanol–water partition coefficient (Wildman–Crippen LogP) is 0.610. The van der Waals surface area contributed by atoms with E-state index in [-0.39, 0.29) is 23.5 Å². The Kier molecular flexibility index (Phi) is 4.78. The molecule has 0 fully saturated rings. The zero-order valence-electron chi connectivity index (χ0n) is 14.0. The van der Waals surface area contributed by atoms with E-state index < -0.39 is 10.0 Å². The fraction of sp³-hybridized carbons (Fsp3) is 0.375. The van der Waals surface area contributed by atoms with Gasteiger partial charge in [-0.15, -0.1) is 0 Å². The van der Waals surface area contributed by atoms with E-state index in [1.165, 1.54) is 23.0 Å². The molecule has 0 spiro atoms. The van der Waals surface area contributed by atoms with E-state index in [9.17, 15) is 13.2 Å². The van der Waals surface area contributed by atoms with Crippen LogP contribution in [-0.2, 0) is 16.6 Å². The molecule has 2 aromatic rings. The summed E-state index contributed by atoms with van der Waals surface area (Å²) in [6.45, 7) is 4.53. The molecule has 134 valence electrons. The van der Waals surface area contributed by atoms with Gasteiger partial charge < -0.3 is 9.47 Å². The number of hydrogen-bond donors (Lipinski definition) is 1. The summed E-state index contributed by atoms with van der Waals surface area (Å²) in [6.07, 6.45) is 1.42. The fourth-order valence-electron chi connectivity index (χ4n) is 2.41. The molecule has 2 heterocycles. The number of ether oxygens (including phenoxy) is 2. The lowest BCUT2D eigenvalue weighted by Gasteiger charge is -2.19. The predicted molar refractivity (Wildman–Crippen MR) is 90.6 cm³/mol. The van der Waals surface area contributed by atoms with Gasteiger partial charge in [-0.1, -0.05) is 0 Å². The van der Waals surface area contributed by atoms with E-state index in [4.69, 9.17) is 9.47 Å². The number of benzene rings is 1. The first-order valence-electron chi connectivity index (χ1n) is 7.80. The maximum Gasteiger partial charge on any atom is 0.256 e. The zero-order chi connectivity index (χ0) is 18.0. The molecule has 1 aliphatic heterocycles. The Morgan fingerprint density at radius 2 is 1.92 bits per heavy atom. The highest BCUT2D eigenvalue weighted by molar-refractivity contribution is 7.89. The minimum Gasteiger partial charge on any atom is -0.486 e. The van der Waals surface area contributed by atoms with Crippen molar-refractivity contribution < 1.29 is 17.9 Å². The highest BCUT2D eigenvalue weighted by Gasteiger charge is 2.19. The van der Waals surface area contributed by atoms with Crippen LogP contribution in [0.3, 0.4) is 0 Å². The van der Waals surface area contributed by atoms with Crippen LogP contribution < -0.4 is 19.8 Å². The van der Waals surface area contributed by atoms with E-state index in [1.54, 1.807) is 19.9 Å². The van der Waals surface area contributed by atoms with E-state index >= 15 is 0 Å². The molecule has 0 atom stereocenters. The molecule has 0 saturated carbocycles. The van der Waals surface area contributed by atoms with E-state index in [2.05, 4.69) is 9.71 Å². The lowest BCUT2D eigenvalue weighted by molar-refractivity contribution is 0.171. The lowest BCUT2D eigenvalue weighted by atomic mass is 10.3. The van der Waals surface area contributed by atoms with Gasteiger partial charge in [-0.25, -0.2) is 18.1 Å². The summed E-state index contributed by atoms with van der Waals surface area (Å²) in [6, 6.07) is 4.46. The zero-order valence-corrected chi connectivity index (χ0v) is 14.8. The quantitative estimate of drug-likeness (QED) is 0.833. The SMILES string of the molecule is Cc1ncn(CCNS(=O)(=O)c2ccc3c(c2)OCCO3)c(=O)c1C. The van der Waals surface area contributed by atoms with Crippen LogP contribution in [0, 0.1) is 13.8 Å². The summed E-state index contributed by atoms with van der Waals surface area (Å²) in [5.74, 6) is 0.932. The van der Waals surface area contributed by atoms with Gasteiger partial charge in [-0.05, 0) is 26.0 Å². The summed E-state index contributed by atoms with van der Waals surface area (Å²) in [5.41, 5.74) is 1.04. The van der Waals surface area contributed by atoms with Crippen molar-refractivity contribution in [2.45, 2.75) is 25.3 Å². The summed E-state index contributed by atoms with van der Waals surface area (Å²) < 4.78 is 39.5. The smallest absolute Gasteiger partial charge is 0.256 e. The Labute approximate surface area is 145 Å². The fourth-order valence-corrected chi connectivity index (χ4v) is 3.45. The standard InChI is InChI=1S/C16H19N3O5S/c1-11-12(2)17-10-19(16(11)20)6-5-18-25(21,22)13-3-4-14-15(9-13)24-8-7-23-14/h3-4,9-10,18H,5-8H2,1-2H3. The molecule has 0 saturated heterocycles. The Morgan fingerprint density at radius 3 is 2.68 bits per heavy atom. The second-order valence-electron chi connectivity index (χ2n) is 5.66. The molecule has 25 heavy (non-hydrogen) atoms. The van der Waals surface area contributed by atoms with Crippen LogP contribution in [0.15, 0.2) is 34.2 Å². The van der Waals surface area contributed by atoms with Gasteiger partial charge in [0.1, 0.15) is 13.2 Å². The third-order valence-corrected chi connectivity index (χ3v) is 5.44. The third-order valence-electron chi connectivity index (χ3n) is 3.98. The molecule has 0 amide bonds. The number of aryl methyl sites for hydroxylation is 1. The molecule has 0 bridgehead atoms. The Balaban J connectivity index is 1.70. The van der Waals surface area contributed by atoms with Gasteiger partial charge in [-0.3, -0.25) is 9.36 Å². The van der Waals surface area contributed by atoms with Crippen LogP contribution in [0.2, 0.25) is 0 Å². The van der Waals surface area contributed by atoms with Crippen molar-refractivity contribution in [3.63, 3.8) is 0 Å². The molecule has 0 unspecified atom stereocenters. The molecule has 1 N–H and O–H groups in total. The van der Waals surface area contributed by atoms with Gasteiger partial charge in [0.15, 0.2) is 11.5 Å². The van der Waals surface area contributed by atoms with Crippen molar-refractivity contribution in [3.05, 3.63) is 46.1 Å². The van der Waals surface area contributed by atoms with Gasteiger partial charge in [0.2, 0.25) is 10.0 Å². The first kappa shape index (κ1) is 17.4. The highest BCUT2D eigenvalue weighted by Crippen LogP contribution is 2.32. The summed E-state index contributed by atoms with van der Waals surface area (Å²) in [4.78, 5) is 16.3. The Hall–Kier alpha value is -2.39. The maximum absolute atomic E-state index is 12.4. The molecule has 0 radical (unpaired) electrons. The topological polar surface area (TPSA) is 99.5 Å². The summed E-state index contributed by atoms with van der Waals surface area (Å²) in [7, 11) is -3.72. The van der Waals surface area contributed by atoms with Gasteiger partial charge >= 0.3 is 0 Å². The second kappa shape index (κ2) is 6.85. The molecule has 1 aromatic heterocycles. The Morgan fingerprint density at radius 1 is 1.20 bits per heavy atom. The average molecular weight is 365 g/mol. The largest absolute Gasteiger partial charge is 0.486 e. The number of aromatic nitrogens is 2. The first-order chi connectivity index (χ1) is 11.9. The Bertz CT molecular complexity index is 953. The summed E-state index contributed by atoms with van der Waals surface area (Å²) >= 11 is 0. The molecule has 8 nitrogen and oxygen atoms in total. The number of nitrogens with zero attached hydrogens (tertiary/aromatic N) is 2. The normalized spacial score (nSPS) is 13.7. The van der Waals surface area contributed by atoms with Crippen LogP contribution in [0.1, 0.15) is 11.3 Å². The van der Waals surface area contributed by atoms with Gasteiger partial charge in [0.25, 0.3) is 5.56 Å². The van der Waals surface area contributed by atoms with E-state index in [1.807, 2.05) is 0 Å². The number of sulfonamides is 1. The molecule has 9 heteroatoms. The van der Waals surface area contributed by atoms with Gasteiger partial charge in [0, 0.05) is 30.4 Å². The van der Waals surface area contributed by atoms with Crippen molar-refractivity contribution in [3.8, 4) is 11.5 Å². The number of nitrogens with one attached hydrogen (secondary N) is 1. The van der Waals surface area contributed by atoms with Crippen molar-refractivity contribution in [1.82, 2.24) is 14.3 Å². The molecule has 3 rings (SSSR count). The van der Waals surface area contributed by atoms with E-state index in [0.29, 0.717) is 36.0 Å². The molecule has 1 aromatic carbocycles. The minimum absolute atomic E-state index is 0.0703. The highest BCUT2D eigenvalue weighted by atomic mass is 32.2. The lowest BCUT2D eigenvalue weighted by Crippen LogP contribution is -2.32.